The van der Waals surface area contributed by atoms with Crippen molar-refractivity contribution in [1.82, 2.24) is 5.32 Å². The molecule has 5 nitrogen and oxygen atoms in total. The molecular formula is C30H31NO4. The molecule has 1 fully saturated rings. The lowest BCUT2D eigenvalue weighted by Gasteiger charge is -2.36. The number of nitrogens with one attached hydrogen (secondary N) is 1. The minimum absolute atomic E-state index is 0.0964. The molecule has 0 saturated heterocycles. The van der Waals surface area contributed by atoms with Crippen molar-refractivity contribution < 1.29 is 19.1 Å². The third-order valence-corrected chi connectivity index (χ3v) is 6.99. The number of ketones is 1. The van der Waals surface area contributed by atoms with Gasteiger partial charge in [-0.25, -0.2) is 4.79 Å². The van der Waals surface area contributed by atoms with Crippen LogP contribution in [-0.4, -0.2) is 30.8 Å². The molecule has 35 heavy (non-hydrogen) atoms. The van der Waals surface area contributed by atoms with Crippen molar-refractivity contribution in [3.05, 3.63) is 108 Å². The summed E-state index contributed by atoms with van der Waals surface area (Å²) in [5.74, 6) is -0.915. The fraction of sp³-hybridized carbons (Fsp3) is 0.300. The predicted octanol–water partition coefficient (Wildman–Crippen LogP) is 4.83. The summed E-state index contributed by atoms with van der Waals surface area (Å²) in [4.78, 5) is 38.5. The molecule has 0 aromatic heterocycles. The van der Waals surface area contributed by atoms with Gasteiger partial charge in [-0.1, -0.05) is 91.0 Å². The Hall–Kier alpha value is -3.73. The van der Waals surface area contributed by atoms with Gasteiger partial charge in [0.05, 0.1) is 12.5 Å². The zero-order valence-corrected chi connectivity index (χ0v) is 20.0. The molecule has 1 aliphatic carbocycles. The van der Waals surface area contributed by atoms with Crippen LogP contribution in [0.3, 0.4) is 0 Å². The quantitative estimate of drug-likeness (QED) is 0.379. The zero-order valence-electron chi connectivity index (χ0n) is 20.0. The second-order valence-electron chi connectivity index (χ2n) is 9.14. The first-order chi connectivity index (χ1) is 17.0. The highest BCUT2D eigenvalue weighted by Gasteiger charge is 2.40. The molecule has 5 heteroatoms. The van der Waals surface area contributed by atoms with Crippen LogP contribution in [0.5, 0.6) is 0 Å². The number of rotatable bonds is 8. The number of carbonyl (C=O) groups is 3. The van der Waals surface area contributed by atoms with Gasteiger partial charge in [0.15, 0.2) is 0 Å². The van der Waals surface area contributed by atoms with Gasteiger partial charge in [-0.3, -0.25) is 9.59 Å². The fourth-order valence-electron chi connectivity index (χ4n) is 5.28. The van der Waals surface area contributed by atoms with Crippen molar-refractivity contribution in [3.63, 3.8) is 0 Å². The van der Waals surface area contributed by atoms with E-state index in [9.17, 15) is 14.4 Å². The second-order valence-corrected chi connectivity index (χ2v) is 9.14. The van der Waals surface area contributed by atoms with Crippen LogP contribution in [0.4, 0.5) is 0 Å². The molecule has 180 valence electrons. The summed E-state index contributed by atoms with van der Waals surface area (Å²) in [5, 5.41) is 2.96. The van der Waals surface area contributed by atoms with E-state index in [0.717, 1.165) is 23.1 Å². The van der Waals surface area contributed by atoms with Gasteiger partial charge in [-0.15, -0.1) is 0 Å². The van der Waals surface area contributed by atoms with Gasteiger partial charge in [-0.05, 0) is 35.4 Å². The molecule has 0 radical (unpaired) electrons. The van der Waals surface area contributed by atoms with E-state index < -0.39 is 17.4 Å². The average Bonchev–Trinajstić information content (AvgIpc) is 2.91. The predicted molar refractivity (Wildman–Crippen MR) is 135 cm³/mol. The maximum absolute atomic E-state index is 13.7. The zero-order chi connectivity index (χ0) is 24.7. The smallest absolute Gasteiger partial charge is 0.328 e. The third kappa shape index (κ3) is 5.35. The van der Waals surface area contributed by atoms with Crippen LogP contribution >= 0.6 is 0 Å². The number of esters is 1. The molecule has 1 saturated carbocycles. The molecule has 1 aliphatic rings. The number of benzene rings is 3. The second kappa shape index (κ2) is 11.1. The monoisotopic (exact) mass is 469 g/mol. The van der Waals surface area contributed by atoms with Crippen LogP contribution in [0.2, 0.25) is 0 Å². The van der Waals surface area contributed by atoms with Gasteiger partial charge >= 0.3 is 5.97 Å². The maximum atomic E-state index is 13.7. The van der Waals surface area contributed by atoms with Crippen molar-refractivity contribution >= 4 is 17.7 Å². The van der Waals surface area contributed by atoms with E-state index in [1.807, 2.05) is 91.0 Å². The number of carbonyl (C=O) groups excluding carboxylic acids is 3. The number of hydrogen-bond acceptors (Lipinski definition) is 4. The molecule has 1 amide bonds. The van der Waals surface area contributed by atoms with Crippen molar-refractivity contribution in [3.8, 4) is 0 Å². The summed E-state index contributed by atoms with van der Waals surface area (Å²) in [6, 6.07) is 29.0. The van der Waals surface area contributed by atoms with Gasteiger partial charge in [0.1, 0.15) is 11.8 Å². The number of hydrogen-bond donors (Lipinski definition) is 1. The molecular weight excluding hydrogens is 438 g/mol. The van der Waals surface area contributed by atoms with Crippen LogP contribution < -0.4 is 5.32 Å². The van der Waals surface area contributed by atoms with Gasteiger partial charge in [0.25, 0.3) is 0 Å². The standard InChI is InChI=1S/C30H31NO4/c1-35-29(34)28(22-12-11-19-26(32)20-22)31-27(33)21-30(23-13-5-2-6-14-23,24-15-7-3-8-16-24)25-17-9-4-10-18-25/h2-10,13-18,22,28H,11-12,19-21H2,1H3,(H,31,33)/t22-,28-/m0/s1. The van der Waals surface area contributed by atoms with Crippen LogP contribution in [-0.2, 0) is 24.5 Å². The molecule has 1 N–H and O–H groups in total. The van der Waals surface area contributed by atoms with Crippen LogP contribution in [0, 0.1) is 5.92 Å². The summed E-state index contributed by atoms with van der Waals surface area (Å²) in [7, 11) is 1.31. The van der Waals surface area contributed by atoms with Gasteiger partial charge in [0.2, 0.25) is 5.91 Å². The molecule has 3 aromatic carbocycles. The highest BCUT2D eigenvalue weighted by atomic mass is 16.5. The molecule has 0 spiro atoms. The number of amides is 1. The first-order valence-electron chi connectivity index (χ1n) is 12.1. The van der Waals surface area contributed by atoms with Crippen LogP contribution in [0.1, 0.15) is 48.8 Å². The van der Waals surface area contributed by atoms with E-state index in [4.69, 9.17) is 4.74 Å². The van der Waals surface area contributed by atoms with Crippen molar-refractivity contribution in [2.45, 2.75) is 43.6 Å². The Morgan fingerprint density at radius 1 is 0.886 bits per heavy atom. The molecule has 0 heterocycles. The van der Waals surface area contributed by atoms with Gasteiger partial charge in [-0.2, -0.15) is 0 Å². The molecule has 2 atom stereocenters. The van der Waals surface area contributed by atoms with Crippen molar-refractivity contribution in [1.29, 1.82) is 0 Å². The average molecular weight is 470 g/mol. The first kappa shape index (κ1) is 24.4. The third-order valence-electron chi connectivity index (χ3n) is 6.99. The minimum Gasteiger partial charge on any atom is -0.467 e. The number of methoxy groups -OCH3 is 1. The summed E-state index contributed by atoms with van der Waals surface area (Å²) in [5.41, 5.74) is 2.18. The number of ether oxygens (including phenoxy) is 1. The van der Waals surface area contributed by atoms with Crippen molar-refractivity contribution in [2.75, 3.05) is 7.11 Å². The summed E-state index contributed by atoms with van der Waals surface area (Å²) in [6.07, 6.45) is 2.32. The van der Waals surface area contributed by atoms with Gasteiger partial charge < -0.3 is 10.1 Å². The summed E-state index contributed by atoms with van der Waals surface area (Å²) in [6.45, 7) is 0. The largest absolute Gasteiger partial charge is 0.467 e. The van der Waals surface area contributed by atoms with Crippen LogP contribution in [0.15, 0.2) is 91.0 Å². The normalized spacial score (nSPS) is 16.8. The van der Waals surface area contributed by atoms with E-state index in [0.29, 0.717) is 12.8 Å². The first-order valence-corrected chi connectivity index (χ1v) is 12.1. The van der Waals surface area contributed by atoms with E-state index in [1.54, 1.807) is 0 Å². The minimum atomic E-state index is -0.850. The van der Waals surface area contributed by atoms with E-state index in [-0.39, 0.29) is 30.4 Å². The topological polar surface area (TPSA) is 72.5 Å². The van der Waals surface area contributed by atoms with Gasteiger partial charge in [0, 0.05) is 19.3 Å². The highest BCUT2D eigenvalue weighted by Crippen LogP contribution is 2.42. The van der Waals surface area contributed by atoms with E-state index >= 15 is 0 Å². The Labute approximate surface area is 206 Å². The Morgan fingerprint density at radius 2 is 1.37 bits per heavy atom. The lowest BCUT2D eigenvalue weighted by atomic mass is 9.67. The highest BCUT2D eigenvalue weighted by molar-refractivity contribution is 5.87. The summed E-state index contributed by atoms with van der Waals surface area (Å²) < 4.78 is 5.02. The summed E-state index contributed by atoms with van der Waals surface area (Å²) >= 11 is 0. The fourth-order valence-corrected chi connectivity index (χ4v) is 5.28. The van der Waals surface area contributed by atoms with E-state index in [2.05, 4.69) is 5.32 Å². The maximum Gasteiger partial charge on any atom is 0.328 e. The lowest BCUT2D eigenvalue weighted by molar-refractivity contribution is -0.147. The van der Waals surface area contributed by atoms with E-state index in [1.165, 1.54) is 7.11 Å². The number of Topliss-reactive ketones (excluding diaryl/α,β-unsaturated/α-hetero) is 1. The Morgan fingerprint density at radius 3 is 1.80 bits per heavy atom. The van der Waals surface area contributed by atoms with Crippen LogP contribution in [0.25, 0.3) is 0 Å². The lowest BCUT2D eigenvalue weighted by Crippen LogP contribution is -2.49. The van der Waals surface area contributed by atoms with Crippen molar-refractivity contribution in [2.24, 2.45) is 5.92 Å². The molecule has 4 rings (SSSR count). The Balaban J connectivity index is 1.75. The molecule has 0 aliphatic heterocycles. The molecule has 0 unspecified atom stereocenters. The Kier molecular flexibility index (Phi) is 7.76. The molecule has 0 bridgehead atoms. The SMILES string of the molecule is COC(=O)[C@@H](NC(=O)CC(c1ccccc1)(c1ccccc1)c1ccccc1)[C@H]1CCCC(=O)C1. The molecule has 3 aromatic rings. The Bertz CT molecular complexity index is 1050.